The van der Waals surface area contributed by atoms with E-state index in [4.69, 9.17) is 0 Å². The van der Waals surface area contributed by atoms with Gasteiger partial charge in [-0.05, 0) is 30.3 Å². The van der Waals surface area contributed by atoms with Gasteiger partial charge in [-0.2, -0.15) is 0 Å². The molecule has 27 heavy (non-hydrogen) atoms. The average molecular weight is 368 g/mol. The lowest BCUT2D eigenvalue weighted by molar-refractivity contribution is -0.118. The smallest absolute Gasteiger partial charge is 0.274 e. The van der Waals surface area contributed by atoms with Crippen LogP contribution in [0.3, 0.4) is 0 Å². The van der Waals surface area contributed by atoms with E-state index >= 15 is 0 Å². The first kappa shape index (κ1) is 18.3. The summed E-state index contributed by atoms with van der Waals surface area (Å²) in [7, 11) is 0. The van der Waals surface area contributed by atoms with Crippen LogP contribution in [0.5, 0.6) is 0 Å². The lowest BCUT2D eigenvalue weighted by Crippen LogP contribution is -2.46. The van der Waals surface area contributed by atoms with Gasteiger partial charge in [-0.15, -0.1) is 0 Å². The van der Waals surface area contributed by atoms with E-state index in [1.165, 1.54) is 6.92 Å². The Hall–Kier alpha value is -3.49. The SMILES string of the molecule is CC(=O)Nc1ccc(NC(=O)c2ccnc(N3CCN(C=O)CC3)n2)cc1. The van der Waals surface area contributed by atoms with E-state index in [0.29, 0.717) is 43.5 Å². The predicted octanol–water partition coefficient (Wildman–Crippen LogP) is 0.966. The summed E-state index contributed by atoms with van der Waals surface area (Å²) in [4.78, 5) is 46.5. The first-order valence-corrected chi connectivity index (χ1v) is 8.51. The topological polar surface area (TPSA) is 108 Å². The molecule has 3 rings (SSSR count). The van der Waals surface area contributed by atoms with Crippen LogP contribution in [-0.2, 0) is 9.59 Å². The summed E-state index contributed by atoms with van der Waals surface area (Å²) >= 11 is 0. The molecule has 1 fully saturated rings. The third kappa shape index (κ3) is 4.78. The van der Waals surface area contributed by atoms with Gasteiger partial charge in [0.2, 0.25) is 18.3 Å². The molecule has 1 saturated heterocycles. The van der Waals surface area contributed by atoms with E-state index in [1.54, 1.807) is 41.4 Å². The van der Waals surface area contributed by atoms with E-state index in [0.717, 1.165) is 6.41 Å². The van der Waals surface area contributed by atoms with E-state index in [2.05, 4.69) is 20.6 Å². The first-order chi connectivity index (χ1) is 13.0. The minimum atomic E-state index is -0.350. The van der Waals surface area contributed by atoms with Crippen LogP contribution < -0.4 is 15.5 Å². The van der Waals surface area contributed by atoms with E-state index in [9.17, 15) is 14.4 Å². The second-order valence-electron chi connectivity index (χ2n) is 6.08. The molecule has 1 aromatic carbocycles. The monoisotopic (exact) mass is 368 g/mol. The van der Waals surface area contributed by atoms with Crippen molar-refractivity contribution in [3.05, 3.63) is 42.2 Å². The molecule has 140 valence electrons. The van der Waals surface area contributed by atoms with Crippen molar-refractivity contribution in [3.8, 4) is 0 Å². The van der Waals surface area contributed by atoms with Crippen molar-refractivity contribution in [1.82, 2.24) is 14.9 Å². The maximum absolute atomic E-state index is 12.5. The lowest BCUT2D eigenvalue weighted by Gasteiger charge is -2.32. The van der Waals surface area contributed by atoms with Gasteiger partial charge >= 0.3 is 0 Å². The highest BCUT2D eigenvalue weighted by atomic mass is 16.2. The molecule has 0 bridgehead atoms. The van der Waals surface area contributed by atoms with Crippen molar-refractivity contribution in [2.45, 2.75) is 6.92 Å². The van der Waals surface area contributed by atoms with Gasteiger partial charge in [0.1, 0.15) is 5.69 Å². The van der Waals surface area contributed by atoms with Gasteiger partial charge in [0, 0.05) is 50.7 Å². The van der Waals surface area contributed by atoms with Crippen LogP contribution in [0.1, 0.15) is 17.4 Å². The van der Waals surface area contributed by atoms with Gasteiger partial charge in [-0.1, -0.05) is 0 Å². The summed E-state index contributed by atoms with van der Waals surface area (Å²) in [5.41, 5.74) is 1.50. The average Bonchev–Trinajstić information content (AvgIpc) is 2.69. The van der Waals surface area contributed by atoms with Crippen LogP contribution in [0.15, 0.2) is 36.5 Å². The maximum atomic E-state index is 12.5. The zero-order chi connectivity index (χ0) is 19.2. The molecule has 0 saturated carbocycles. The number of benzene rings is 1. The largest absolute Gasteiger partial charge is 0.342 e. The predicted molar refractivity (Wildman–Crippen MR) is 101 cm³/mol. The summed E-state index contributed by atoms with van der Waals surface area (Å²) in [6.45, 7) is 3.87. The van der Waals surface area contributed by atoms with Crippen molar-refractivity contribution >= 4 is 35.5 Å². The van der Waals surface area contributed by atoms with Gasteiger partial charge in [0.05, 0.1) is 0 Å². The number of nitrogens with one attached hydrogen (secondary N) is 2. The second-order valence-corrected chi connectivity index (χ2v) is 6.08. The zero-order valence-corrected chi connectivity index (χ0v) is 14.9. The molecule has 2 N–H and O–H groups in total. The molecule has 1 aliphatic rings. The third-order valence-electron chi connectivity index (χ3n) is 4.08. The Kier molecular flexibility index (Phi) is 5.60. The van der Waals surface area contributed by atoms with E-state index in [-0.39, 0.29) is 17.5 Å². The van der Waals surface area contributed by atoms with Gasteiger partial charge < -0.3 is 20.4 Å². The Morgan fingerprint density at radius 1 is 1.00 bits per heavy atom. The lowest BCUT2D eigenvalue weighted by atomic mass is 10.2. The summed E-state index contributed by atoms with van der Waals surface area (Å²) in [6, 6.07) is 8.35. The van der Waals surface area contributed by atoms with Crippen molar-refractivity contribution in [1.29, 1.82) is 0 Å². The van der Waals surface area contributed by atoms with Gasteiger partial charge in [-0.3, -0.25) is 14.4 Å². The number of anilines is 3. The Balaban J connectivity index is 1.65. The fraction of sp³-hybridized carbons (Fsp3) is 0.278. The summed E-state index contributed by atoms with van der Waals surface area (Å²) in [5, 5.41) is 5.44. The zero-order valence-electron chi connectivity index (χ0n) is 14.9. The molecule has 1 aromatic heterocycles. The summed E-state index contributed by atoms with van der Waals surface area (Å²) in [6.07, 6.45) is 2.38. The molecule has 3 amide bonds. The molecule has 9 heteroatoms. The van der Waals surface area contributed by atoms with Gasteiger partial charge in [-0.25, -0.2) is 9.97 Å². The molecule has 1 aliphatic heterocycles. The molecule has 0 radical (unpaired) electrons. The van der Waals surface area contributed by atoms with Crippen molar-refractivity contribution in [3.63, 3.8) is 0 Å². The van der Waals surface area contributed by atoms with Crippen molar-refractivity contribution < 1.29 is 14.4 Å². The summed E-state index contributed by atoms with van der Waals surface area (Å²) < 4.78 is 0. The summed E-state index contributed by atoms with van der Waals surface area (Å²) in [5.74, 6) is -0.0408. The Labute approximate surface area is 156 Å². The number of hydrogen-bond donors (Lipinski definition) is 2. The number of carbonyl (C=O) groups is 3. The minimum absolute atomic E-state index is 0.158. The fourth-order valence-electron chi connectivity index (χ4n) is 2.69. The molecule has 9 nitrogen and oxygen atoms in total. The molecule has 0 atom stereocenters. The number of carbonyl (C=O) groups excluding carboxylic acids is 3. The standard InChI is InChI=1S/C18H20N6O3/c1-13(26)20-14-2-4-15(5-3-14)21-17(27)16-6-7-19-18(22-16)24-10-8-23(12-25)9-11-24/h2-7,12H,8-11H2,1H3,(H,20,26)(H,21,27). The molecule has 2 aromatic rings. The Bertz CT molecular complexity index is 831. The van der Waals surface area contributed by atoms with Crippen molar-refractivity contribution in [2.24, 2.45) is 0 Å². The highest BCUT2D eigenvalue weighted by molar-refractivity contribution is 6.03. The van der Waals surface area contributed by atoms with Crippen LogP contribution >= 0.6 is 0 Å². The van der Waals surface area contributed by atoms with Crippen LogP contribution in [0.4, 0.5) is 17.3 Å². The van der Waals surface area contributed by atoms with Crippen LogP contribution in [-0.4, -0.2) is 59.3 Å². The number of aromatic nitrogens is 2. The van der Waals surface area contributed by atoms with E-state index < -0.39 is 0 Å². The quantitative estimate of drug-likeness (QED) is 0.762. The number of piperazine rings is 1. The fourth-order valence-corrected chi connectivity index (χ4v) is 2.69. The Morgan fingerprint density at radius 3 is 2.22 bits per heavy atom. The van der Waals surface area contributed by atoms with Gasteiger partial charge in [0.15, 0.2) is 0 Å². The van der Waals surface area contributed by atoms with Crippen molar-refractivity contribution in [2.75, 3.05) is 41.7 Å². The second kappa shape index (κ2) is 8.26. The molecule has 0 unspecified atom stereocenters. The number of hydrogen-bond acceptors (Lipinski definition) is 6. The number of amides is 3. The number of nitrogens with zero attached hydrogens (tertiary/aromatic N) is 4. The third-order valence-corrected chi connectivity index (χ3v) is 4.08. The normalized spacial score (nSPS) is 13.8. The van der Waals surface area contributed by atoms with Crippen LogP contribution in [0.25, 0.3) is 0 Å². The molecule has 2 heterocycles. The molecular formula is C18H20N6O3. The van der Waals surface area contributed by atoms with E-state index in [1.807, 2.05) is 4.90 Å². The highest BCUT2D eigenvalue weighted by Gasteiger charge is 2.19. The first-order valence-electron chi connectivity index (χ1n) is 8.51. The van der Waals surface area contributed by atoms with Gasteiger partial charge in [0.25, 0.3) is 5.91 Å². The Morgan fingerprint density at radius 2 is 1.63 bits per heavy atom. The maximum Gasteiger partial charge on any atom is 0.274 e. The molecular weight excluding hydrogens is 348 g/mol. The van der Waals surface area contributed by atoms with Crippen LogP contribution in [0.2, 0.25) is 0 Å². The molecule has 0 aliphatic carbocycles. The minimum Gasteiger partial charge on any atom is -0.342 e. The highest BCUT2D eigenvalue weighted by Crippen LogP contribution is 2.15. The molecule has 0 spiro atoms. The number of rotatable bonds is 5. The van der Waals surface area contributed by atoms with Crippen LogP contribution in [0, 0.1) is 0 Å².